The topological polar surface area (TPSA) is 152 Å². The zero-order chi connectivity index (χ0) is 24.7. The molecule has 0 spiro atoms. The second-order valence-electron chi connectivity index (χ2n) is 7.05. The molecule has 0 aliphatic carbocycles. The number of oxime groups is 1. The number of methoxy groups -OCH3 is 1. The van der Waals surface area contributed by atoms with Gasteiger partial charge in [0.05, 0.1) is 36.8 Å². The molecule has 1 heterocycles. The second-order valence-corrected chi connectivity index (χ2v) is 7.86. The Labute approximate surface area is 204 Å². The van der Waals surface area contributed by atoms with Crippen LogP contribution in [0.4, 0.5) is 5.95 Å². The lowest BCUT2D eigenvalue weighted by molar-refractivity contribution is 0.154. The van der Waals surface area contributed by atoms with E-state index in [1.807, 2.05) is 12.1 Å². The average molecular weight is 508 g/mol. The van der Waals surface area contributed by atoms with E-state index in [0.29, 0.717) is 21.4 Å². The van der Waals surface area contributed by atoms with E-state index in [1.54, 1.807) is 37.4 Å². The molecule has 34 heavy (non-hydrogen) atoms. The lowest BCUT2D eigenvalue weighted by atomic mass is 10.2. The molecule has 0 aliphatic heterocycles. The van der Waals surface area contributed by atoms with Crippen LogP contribution < -0.4 is 32.9 Å². The SMILES string of the molecule is COc1ccc(Cn2c(NCCON=C(N)N)nc(=O)n(Cc3ccc(Cl)c(Cl)c3)c2=O)cc1. The first-order valence-electron chi connectivity index (χ1n) is 10.0. The van der Waals surface area contributed by atoms with Crippen molar-refractivity contribution in [2.75, 3.05) is 25.6 Å². The standard InChI is InChI=1S/C21H23Cl2N7O4/c1-33-15-5-2-13(3-6-15)11-29-19(26-8-9-34-28-18(24)25)27-20(31)30(21(29)32)12-14-4-7-16(22)17(23)10-14/h2-7,10H,8-9,11-12H2,1H3,(H4,24,25,28)(H,26,27,31). The van der Waals surface area contributed by atoms with E-state index in [4.69, 9.17) is 44.2 Å². The van der Waals surface area contributed by atoms with Crippen LogP contribution in [0.3, 0.4) is 0 Å². The Hall–Kier alpha value is -3.70. The lowest BCUT2D eigenvalue weighted by Crippen LogP contribution is -2.43. The smallest absolute Gasteiger partial charge is 0.355 e. The quantitative estimate of drug-likeness (QED) is 0.161. The monoisotopic (exact) mass is 507 g/mol. The maximum Gasteiger partial charge on any atom is 0.355 e. The van der Waals surface area contributed by atoms with Crippen LogP contribution in [0.5, 0.6) is 5.75 Å². The van der Waals surface area contributed by atoms with Crippen molar-refractivity contribution in [3.63, 3.8) is 0 Å². The van der Waals surface area contributed by atoms with Crippen molar-refractivity contribution in [1.29, 1.82) is 0 Å². The van der Waals surface area contributed by atoms with E-state index in [0.717, 1.165) is 10.1 Å². The minimum atomic E-state index is -0.727. The van der Waals surface area contributed by atoms with Crippen LogP contribution >= 0.6 is 23.2 Å². The van der Waals surface area contributed by atoms with Crippen molar-refractivity contribution >= 4 is 35.1 Å². The van der Waals surface area contributed by atoms with Gasteiger partial charge in [0.2, 0.25) is 11.9 Å². The zero-order valence-electron chi connectivity index (χ0n) is 18.2. The summed E-state index contributed by atoms with van der Waals surface area (Å²) in [6.45, 7) is 0.372. The van der Waals surface area contributed by atoms with Gasteiger partial charge in [-0.15, -0.1) is 0 Å². The highest BCUT2D eigenvalue weighted by Crippen LogP contribution is 2.22. The van der Waals surface area contributed by atoms with Gasteiger partial charge < -0.3 is 26.4 Å². The molecule has 11 nitrogen and oxygen atoms in total. The molecule has 3 rings (SSSR count). The van der Waals surface area contributed by atoms with Crippen LogP contribution in [-0.2, 0) is 17.9 Å². The molecule has 0 aliphatic rings. The molecule has 0 atom stereocenters. The maximum atomic E-state index is 13.3. The molecule has 1 aromatic heterocycles. The summed E-state index contributed by atoms with van der Waals surface area (Å²) in [5, 5.41) is 7.02. The van der Waals surface area contributed by atoms with Crippen LogP contribution in [0.15, 0.2) is 57.2 Å². The Morgan fingerprint density at radius 2 is 1.71 bits per heavy atom. The average Bonchev–Trinajstić information content (AvgIpc) is 2.81. The second kappa shape index (κ2) is 11.4. The van der Waals surface area contributed by atoms with E-state index in [-0.39, 0.29) is 38.1 Å². The minimum absolute atomic E-state index is 0.0297. The molecule has 3 aromatic rings. The number of nitrogens with two attached hydrogens (primary N) is 2. The number of halogens is 2. The van der Waals surface area contributed by atoms with Gasteiger partial charge in [-0.25, -0.2) is 14.2 Å². The molecule has 180 valence electrons. The van der Waals surface area contributed by atoms with Crippen molar-refractivity contribution in [1.82, 2.24) is 14.1 Å². The Bertz CT molecular complexity index is 1290. The van der Waals surface area contributed by atoms with Gasteiger partial charge in [-0.2, -0.15) is 4.98 Å². The summed E-state index contributed by atoms with van der Waals surface area (Å²) < 4.78 is 7.54. The molecule has 0 amide bonds. The third-order valence-corrected chi connectivity index (χ3v) is 5.36. The molecule has 13 heteroatoms. The van der Waals surface area contributed by atoms with Crippen LogP contribution in [-0.4, -0.2) is 40.3 Å². The Balaban J connectivity index is 1.95. The molecule has 0 unspecified atom stereocenters. The van der Waals surface area contributed by atoms with Crippen LogP contribution in [0.25, 0.3) is 0 Å². The Morgan fingerprint density at radius 3 is 2.35 bits per heavy atom. The van der Waals surface area contributed by atoms with Crippen molar-refractivity contribution in [2.45, 2.75) is 13.1 Å². The highest BCUT2D eigenvalue weighted by Gasteiger charge is 2.15. The number of hydrogen-bond acceptors (Lipinski definition) is 7. The van der Waals surface area contributed by atoms with E-state index in [1.165, 1.54) is 4.57 Å². The van der Waals surface area contributed by atoms with Gasteiger partial charge >= 0.3 is 11.4 Å². The normalized spacial score (nSPS) is 10.6. The number of rotatable bonds is 10. The van der Waals surface area contributed by atoms with Crippen LogP contribution in [0.1, 0.15) is 11.1 Å². The fraction of sp³-hybridized carbons (Fsp3) is 0.238. The highest BCUT2D eigenvalue weighted by atomic mass is 35.5. The first-order chi connectivity index (χ1) is 16.3. The summed E-state index contributed by atoms with van der Waals surface area (Å²) in [6.07, 6.45) is 0. The van der Waals surface area contributed by atoms with Crippen LogP contribution in [0, 0.1) is 0 Å². The van der Waals surface area contributed by atoms with Gasteiger partial charge in [0.25, 0.3) is 0 Å². The number of aromatic nitrogens is 3. The zero-order valence-corrected chi connectivity index (χ0v) is 19.7. The van der Waals surface area contributed by atoms with Gasteiger partial charge in [-0.05, 0) is 40.5 Å². The molecule has 0 radical (unpaired) electrons. The van der Waals surface area contributed by atoms with Gasteiger partial charge in [-0.3, -0.25) is 4.57 Å². The number of ether oxygens (including phenoxy) is 1. The predicted octanol–water partition coefficient (Wildman–Crippen LogP) is 1.43. The summed E-state index contributed by atoms with van der Waals surface area (Å²) in [6, 6.07) is 12.0. The fourth-order valence-electron chi connectivity index (χ4n) is 3.00. The van der Waals surface area contributed by atoms with E-state index in [9.17, 15) is 9.59 Å². The van der Waals surface area contributed by atoms with Gasteiger partial charge in [0, 0.05) is 0 Å². The van der Waals surface area contributed by atoms with Crippen molar-refractivity contribution in [2.24, 2.45) is 16.6 Å². The summed E-state index contributed by atoms with van der Waals surface area (Å²) in [5.74, 6) is 0.526. The largest absolute Gasteiger partial charge is 0.497 e. The molecule has 5 N–H and O–H groups in total. The Morgan fingerprint density at radius 1 is 1.03 bits per heavy atom. The first kappa shape index (κ1) is 24.9. The van der Waals surface area contributed by atoms with Gasteiger partial charge in [0.15, 0.2) is 0 Å². The van der Waals surface area contributed by atoms with E-state index >= 15 is 0 Å². The molecular formula is C21H23Cl2N7O4. The molecule has 0 bridgehead atoms. The predicted molar refractivity (Wildman–Crippen MR) is 131 cm³/mol. The first-order valence-corrected chi connectivity index (χ1v) is 10.8. The lowest BCUT2D eigenvalue weighted by Gasteiger charge is -2.16. The Kier molecular flexibility index (Phi) is 8.39. The maximum absolute atomic E-state index is 13.3. The number of guanidine groups is 1. The number of hydrogen-bond donors (Lipinski definition) is 3. The third kappa shape index (κ3) is 6.42. The molecule has 0 fully saturated rings. The molecule has 2 aromatic carbocycles. The molecular weight excluding hydrogens is 485 g/mol. The summed E-state index contributed by atoms with van der Waals surface area (Å²) >= 11 is 12.0. The van der Waals surface area contributed by atoms with E-state index in [2.05, 4.69) is 15.5 Å². The molecule has 0 saturated carbocycles. The molecule has 0 saturated heterocycles. The van der Waals surface area contributed by atoms with Gasteiger partial charge in [0.1, 0.15) is 12.4 Å². The fourth-order valence-corrected chi connectivity index (χ4v) is 3.33. The number of anilines is 1. The number of benzene rings is 2. The van der Waals surface area contributed by atoms with Crippen molar-refractivity contribution in [3.05, 3.63) is 84.6 Å². The summed E-state index contributed by atoms with van der Waals surface area (Å²) in [4.78, 5) is 35.1. The minimum Gasteiger partial charge on any atom is -0.497 e. The number of nitrogens with one attached hydrogen (secondary N) is 1. The van der Waals surface area contributed by atoms with Crippen molar-refractivity contribution < 1.29 is 9.57 Å². The van der Waals surface area contributed by atoms with Gasteiger partial charge in [-0.1, -0.05) is 41.4 Å². The third-order valence-electron chi connectivity index (χ3n) is 4.62. The summed E-state index contributed by atoms with van der Waals surface area (Å²) in [7, 11) is 1.56. The van der Waals surface area contributed by atoms with Crippen LogP contribution in [0.2, 0.25) is 10.0 Å². The summed E-state index contributed by atoms with van der Waals surface area (Å²) in [5.41, 5.74) is 10.6. The van der Waals surface area contributed by atoms with Crippen molar-refractivity contribution in [3.8, 4) is 5.75 Å². The highest BCUT2D eigenvalue weighted by molar-refractivity contribution is 6.42. The number of nitrogens with zero attached hydrogens (tertiary/aromatic N) is 4. The van der Waals surface area contributed by atoms with E-state index < -0.39 is 11.4 Å².